The predicted octanol–water partition coefficient (Wildman–Crippen LogP) is 2.70. The van der Waals surface area contributed by atoms with Crippen LogP contribution >= 0.6 is 0 Å². The van der Waals surface area contributed by atoms with Crippen LogP contribution in [0.1, 0.15) is 32.6 Å². The largest absolute Gasteiger partial charge is 0.493 e. The standard InChI is InChI=1S/C18H30N2O3/c1-4-5-6-13-22-16-9-7-10-17(14-16)23-15-18(21)19-11-8-12-20(2)3/h7,9-10,14H,4-6,8,11-13,15H2,1-3H3,(H,19,21). The van der Waals surface area contributed by atoms with Crippen LogP contribution in [0.25, 0.3) is 0 Å². The van der Waals surface area contributed by atoms with E-state index in [9.17, 15) is 4.79 Å². The molecule has 0 unspecified atom stereocenters. The summed E-state index contributed by atoms with van der Waals surface area (Å²) in [7, 11) is 4.03. The van der Waals surface area contributed by atoms with Crippen LogP contribution in [0.3, 0.4) is 0 Å². The number of nitrogens with one attached hydrogen (secondary N) is 1. The first-order valence-corrected chi connectivity index (χ1v) is 8.39. The Bertz CT molecular complexity index is 450. The van der Waals surface area contributed by atoms with Gasteiger partial charge < -0.3 is 19.7 Å². The van der Waals surface area contributed by atoms with Crippen molar-refractivity contribution in [2.45, 2.75) is 32.6 Å². The van der Waals surface area contributed by atoms with Gasteiger partial charge in [-0.25, -0.2) is 0 Å². The average Bonchev–Trinajstić information content (AvgIpc) is 2.54. The molecule has 0 radical (unpaired) electrons. The van der Waals surface area contributed by atoms with Crippen LogP contribution in [0.15, 0.2) is 24.3 Å². The molecule has 0 bridgehead atoms. The highest BCUT2D eigenvalue weighted by molar-refractivity contribution is 5.77. The molecular weight excluding hydrogens is 292 g/mol. The van der Waals surface area contributed by atoms with E-state index in [1.807, 2.05) is 38.4 Å². The molecule has 0 saturated carbocycles. The molecule has 0 aliphatic rings. The van der Waals surface area contributed by atoms with Gasteiger partial charge in [0.2, 0.25) is 0 Å². The Morgan fingerprint density at radius 3 is 2.57 bits per heavy atom. The minimum Gasteiger partial charge on any atom is -0.493 e. The molecule has 1 amide bonds. The van der Waals surface area contributed by atoms with Crippen molar-refractivity contribution in [1.82, 2.24) is 10.2 Å². The normalized spacial score (nSPS) is 10.6. The Balaban J connectivity index is 2.24. The summed E-state index contributed by atoms with van der Waals surface area (Å²) in [5.74, 6) is 1.34. The Labute approximate surface area is 140 Å². The number of carbonyl (C=O) groups is 1. The average molecular weight is 322 g/mol. The maximum absolute atomic E-state index is 11.7. The summed E-state index contributed by atoms with van der Waals surface area (Å²) in [5.41, 5.74) is 0. The molecule has 1 rings (SSSR count). The topological polar surface area (TPSA) is 50.8 Å². The number of rotatable bonds is 12. The number of amides is 1. The van der Waals surface area contributed by atoms with Crippen LogP contribution in [0, 0.1) is 0 Å². The summed E-state index contributed by atoms with van der Waals surface area (Å²) >= 11 is 0. The van der Waals surface area contributed by atoms with E-state index in [4.69, 9.17) is 9.47 Å². The van der Waals surface area contributed by atoms with Crippen molar-refractivity contribution in [3.05, 3.63) is 24.3 Å². The Morgan fingerprint density at radius 2 is 1.87 bits per heavy atom. The Kier molecular flexibility index (Phi) is 9.87. The van der Waals surface area contributed by atoms with Gasteiger partial charge in [0.25, 0.3) is 5.91 Å². The number of nitrogens with zero attached hydrogens (tertiary/aromatic N) is 1. The first kappa shape index (κ1) is 19.3. The van der Waals surface area contributed by atoms with E-state index in [1.165, 1.54) is 12.8 Å². The van der Waals surface area contributed by atoms with Gasteiger partial charge in [0.1, 0.15) is 11.5 Å². The van der Waals surface area contributed by atoms with Crippen LogP contribution < -0.4 is 14.8 Å². The Morgan fingerprint density at radius 1 is 1.13 bits per heavy atom. The molecule has 130 valence electrons. The van der Waals surface area contributed by atoms with Gasteiger partial charge in [-0.2, -0.15) is 0 Å². The van der Waals surface area contributed by atoms with E-state index < -0.39 is 0 Å². The summed E-state index contributed by atoms with van der Waals surface area (Å²) in [6, 6.07) is 7.43. The summed E-state index contributed by atoms with van der Waals surface area (Å²) < 4.78 is 11.2. The van der Waals surface area contributed by atoms with Gasteiger partial charge in [-0.3, -0.25) is 4.79 Å². The fourth-order valence-corrected chi connectivity index (χ4v) is 2.02. The Hall–Kier alpha value is -1.75. The van der Waals surface area contributed by atoms with Gasteiger partial charge >= 0.3 is 0 Å². The van der Waals surface area contributed by atoms with Crippen molar-refractivity contribution >= 4 is 5.91 Å². The second kappa shape index (κ2) is 11.8. The molecule has 0 atom stereocenters. The molecule has 0 spiro atoms. The monoisotopic (exact) mass is 322 g/mol. The van der Waals surface area contributed by atoms with E-state index in [1.54, 1.807) is 0 Å². The highest BCUT2D eigenvalue weighted by Gasteiger charge is 2.03. The summed E-state index contributed by atoms with van der Waals surface area (Å²) in [4.78, 5) is 13.8. The van der Waals surface area contributed by atoms with E-state index in [2.05, 4.69) is 17.1 Å². The summed E-state index contributed by atoms with van der Waals surface area (Å²) in [5, 5.41) is 2.85. The molecule has 0 saturated heterocycles. The quantitative estimate of drug-likeness (QED) is 0.601. The number of unbranched alkanes of at least 4 members (excludes halogenated alkanes) is 2. The van der Waals surface area contributed by atoms with Gasteiger partial charge in [0, 0.05) is 12.6 Å². The molecule has 1 N–H and O–H groups in total. The third-order valence-corrected chi connectivity index (χ3v) is 3.30. The van der Waals surface area contributed by atoms with Crippen molar-refractivity contribution < 1.29 is 14.3 Å². The van der Waals surface area contributed by atoms with Crippen LogP contribution in [0.2, 0.25) is 0 Å². The second-order valence-corrected chi connectivity index (χ2v) is 5.83. The molecule has 0 aromatic heterocycles. The van der Waals surface area contributed by atoms with Gasteiger partial charge in [0.05, 0.1) is 6.61 Å². The van der Waals surface area contributed by atoms with Crippen molar-refractivity contribution in [2.75, 3.05) is 40.4 Å². The molecule has 1 aromatic rings. The lowest BCUT2D eigenvalue weighted by Crippen LogP contribution is -2.31. The van der Waals surface area contributed by atoms with Gasteiger partial charge in [0.15, 0.2) is 6.61 Å². The first-order valence-electron chi connectivity index (χ1n) is 8.39. The van der Waals surface area contributed by atoms with Gasteiger partial charge in [-0.05, 0) is 45.6 Å². The smallest absolute Gasteiger partial charge is 0.257 e. The molecule has 5 nitrogen and oxygen atoms in total. The second-order valence-electron chi connectivity index (χ2n) is 5.83. The lowest BCUT2D eigenvalue weighted by atomic mass is 10.3. The minimum atomic E-state index is -0.0991. The van der Waals surface area contributed by atoms with Crippen LogP contribution in [0.4, 0.5) is 0 Å². The highest BCUT2D eigenvalue weighted by Crippen LogP contribution is 2.19. The van der Waals surface area contributed by atoms with Crippen molar-refractivity contribution in [3.8, 4) is 11.5 Å². The van der Waals surface area contributed by atoms with E-state index >= 15 is 0 Å². The fourth-order valence-electron chi connectivity index (χ4n) is 2.02. The van der Waals surface area contributed by atoms with E-state index in [0.29, 0.717) is 18.9 Å². The molecule has 5 heteroatoms. The summed E-state index contributed by atoms with van der Waals surface area (Å²) in [6.45, 7) is 4.53. The SMILES string of the molecule is CCCCCOc1cccc(OCC(=O)NCCCN(C)C)c1. The highest BCUT2D eigenvalue weighted by atomic mass is 16.5. The maximum Gasteiger partial charge on any atom is 0.257 e. The number of carbonyl (C=O) groups excluding carboxylic acids is 1. The van der Waals surface area contributed by atoms with Crippen molar-refractivity contribution in [2.24, 2.45) is 0 Å². The van der Waals surface area contributed by atoms with Crippen LogP contribution in [0.5, 0.6) is 11.5 Å². The molecule has 0 aliphatic heterocycles. The number of hydrogen-bond acceptors (Lipinski definition) is 4. The predicted molar refractivity (Wildman–Crippen MR) is 93.1 cm³/mol. The van der Waals surface area contributed by atoms with Crippen molar-refractivity contribution in [3.63, 3.8) is 0 Å². The van der Waals surface area contributed by atoms with Crippen molar-refractivity contribution in [1.29, 1.82) is 0 Å². The third kappa shape index (κ3) is 9.79. The number of hydrogen-bond donors (Lipinski definition) is 1. The lowest BCUT2D eigenvalue weighted by Gasteiger charge is -2.11. The molecule has 0 aliphatic carbocycles. The van der Waals surface area contributed by atoms with Crippen LogP contribution in [-0.2, 0) is 4.79 Å². The molecule has 0 fully saturated rings. The van der Waals surface area contributed by atoms with E-state index in [0.717, 1.165) is 25.1 Å². The fraction of sp³-hybridized carbons (Fsp3) is 0.611. The van der Waals surface area contributed by atoms with E-state index in [-0.39, 0.29) is 12.5 Å². The van der Waals surface area contributed by atoms with Crippen LogP contribution in [-0.4, -0.2) is 51.2 Å². The number of ether oxygens (including phenoxy) is 2. The minimum absolute atomic E-state index is 0.0290. The molecule has 1 aromatic carbocycles. The zero-order valence-corrected chi connectivity index (χ0v) is 14.6. The third-order valence-electron chi connectivity index (χ3n) is 3.30. The van der Waals surface area contributed by atoms with Gasteiger partial charge in [-0.15, -0.1) is 0 Å². The number of benzene rings is 1. The molecular formula is C18H30N2O3. The molecule has 23 heavy (non-hydrogen) atoms. The zero-order chi connectivity index (χ0) is 16.9. The first-order chi connectivity index (χ1) is 11.1. The maximum atomic E-state index is 11.7. The van der Waals surface area contributed by atoms with Gasteiger partial charge in [-0.1, -0.05) is 25.8 Å². The molecule has 0 heterocycles. The zero-order valence-electron chi connectivity index (χ0n) is 14.6. The lowest BCUT2D eigenvalue weighted by molar-refractivity contribution is -0.123. The summed E-state index contributed by atoms with van der Waals surface area (Å²) in [6.07, 6.45) is 4.33.